The lowest BCUT2D eigenvalue weighted by atomic mass is 9.68. The van der Waals surface area contributed by atoms with Crippen LogP contribution in [0.2, 0.25) is 0 Å². The van der Waals surface area contributed by atoms with Crippen molar-refractivity contribution in [1.82, 2.24) is 0 Å². The van der Waals surface area contributed by atoms with Gasteiger partial charge in [-0.15, -0.1) is 0 Å². The Morgan fingerprint density at radius 3 is 1.36 bits per heavy atom. The van der Waals surface area contributed by atoms with Gasteiger partial charge in [0.2, 0.25) is 0 Å². The van der Waals surface area contributed by atoms with E-state index in [2.05, 4.69) is 0 Å². The molecule has 0 amide bonds. The van der Waals surface area contributed by atoms with Crippen LogP contribution < -0.4 is 0 Å². The first-order valence-corrected chi connectivity index (χ1v) is 7.12. The number of carboxylic acid groups (broad SMARTS) is 2. The minimum atomic E-state index is -1.27. The maximum Gasteiger partial charge on any atom is 0.309 e. The van der Waals surface area contributed by atoms with Crippen LogP contribution in [0.1, 0.15) is 26.7 Å². The van der Waals surface area contributed by atoms with Gasteiger partial charge in [0.15, 0.2) is 0 Å². The van der Waals surface area contributed by atoms with Gasteiger partial charge in [-0.3, -0.25) is 19.2 Å². The molecule has 124 valence electrons. The molecule has 1 rings (SSSR count). The zero-order valence-electron chi connectivity index (χ0n) is 12.5. The van der Waals surface area contributed by atoms with E-state index in [1.165, 1.54) is 0 Å². The molecular formula is C14H20O8. The summed E-state index contributed by atoms with van der Waals surface area (Å²) in [5, 5.41) is 18.5. The highest BCUT2D eigenvalue weighted by molar-refractivity contribution is 5.86. The van der Waals surface area contributed by atoms with Crippen molar-refractivity contribution in [1.29, 1.82) is 0 Å². The van der Waals surface area contributed by atoms with Gasteiger partial charge in [-0.2, -0.15) is 0 Å². The standard InChI is InChI=1S/C14H20O8/c1-3-21-13(19)9-6-10(14(20)22-4-2)8(12(17)18)5-7(9)11(15)16/h7-10H,3-6H2,1-2H3,(H,15,16)(H,17,18). The summed E-state index contributed by atoms with van der Waals surface area (Å²) in [4.78, 5) is 46.5. The fourth-order valence-electron chi connectivity index (χ4n) is 2.77. The van der Waals surface area contributed by atoms with E-state index >= 15 is 0 Å². The normalized spacial score (nSPS) is 27.7. The Morgan fingerprint density at radius 2 is 1.09 bits per heavy atom. The number of carbonyl (C=O) groups is 4. The van der Waals surface area contributed by atoms with Crippen molar-refractivity contribution >= 4 is 23.9 Å². The van der Waals surface area contributed by atoms with E-state index in [4.69, 9.17) is 9.47 Å². The van der Waals surface area contributed by atoms with E-state index in [0.717, 1.165) is 0 Å². The van der Waals surface area contributed by atoms with E-state index in [1.54, 1.807) is 13.8 Å². The molecule has 1 fully saturated rings. The van der Waals surface area contributed by atoms with E-state index in [1.807, 2.05) is 0 Å². The summed E-state index contributed by atoms with van der Waals surface area (Å²) < 4.78 is 9.69. The molecule has 22 heavy (non-hydrogen) atoms. The SMILES string of the molecule is CCOC(=O)C1CC(C(=O)OCC)C(C(=O)O)CC1C(=O)O. The molecule has 4 unspecified atom stereocenters. The molecule has 1 aliphatic rings. The number of ether oxygens (including phenoxy) is 2. The lowest BCUT2D eigenvalue weighted by Gasteiger charge is -2.35. The Bertz CT molecular complexity index is 418. The number of carboxylic acids is 2. The van der Waals surface area contributed by atoms with E-state index < -0.39 is 47.5 Å². The number of rotatable bonds is 6. The largest absolute Gasteiger partial charge is 0.481 e. The molecule has 1 aliphatic carbocycles. The van der Waals surface area contributed by atoms with Crippen LogP contribution in [0.25, 0.3) is 0 Å². The molecule has 2 N–H and O–H groups in total. The Labute approximate surface area is 127 Å². The second-order valence-electron chi connectivity index (χ2n) is 5.08. The summed E-state index contributed by atoms with van der Waals surface area (Å²) >= 11 is 0. The molecule has 1 saturated carbocycles. The first kappa shape index (κ1) is 17.9. The van der Waals surface area contributed by atoms with Crippen LogP contribution in [-0.4, -0.2) is 47.3 Å². The average Bonchev–Trinajstić information content (AvgIpc) is 2.46. The van der Waals surface area contributed by atoms with Crippen molar-refractivity contribution in [2.24, 2.45) is 23.7 Å². The third kappa shape index (κ3) is 3.96. The van der Waals surface area contributed by atoms with E-state index in [0.29, 0.717) is 0 Å². The van der Waals surface area contributed by atoms with Crippen molar-refractivity contribution in [3.8, 4) is 0 Å². The summed E-state index contributed by atoms with van der Waals surface area (Å²) in [5.74, 6) is -8.49. The first-order chi connectivity index (χ1) is 10.3. The van der Waals surface area contributed by atoms with Crippen molar-refractivity contribution < 1.29 is 38.9 Å². The van der Waals surface area contributed by atoms with Crippen molar-refractivity contribution in [2.45, 2.75) is 26.7 Å². The molecular weight excluding hydrogens is 296 g/mol. The highest BCUT2D eigenvalue weighted by atomic mass is 16.5. The number of hydrogen-bond acceptors (Lipinski definition) is 6. The fraction of sp³-hybridized carbons (Fsp3) is 0.714. The van der Waals surface area contributed by atoms with Gasteiger partial charge in [-0.05, 0) is 26.7 Å². The van der Waals surface area contributed by atoms with Gasteiger partial charge in [0, 0.05) is 0 Å². The maximum absolute atomic E-state index is 11.9. The second kappa shape index (κ2) is 7.77. The van der Waals surface area contributed by atoms with Gasteiger partial charge < -0.3 is 19.7 Å². The van der Waals surface area contributed by atoms with Crippen LogP contribution in [-0.2, 0) is 28.7 Å². The highest BCUT2D eigenvalue weighted by Crippen LogP contribution is 2.40. The molecule has 0 aliphatic heterocycles. The van der Waals surface area contributed by atoms with Gasteiger partial charge in [0.25, 0.3) is 0 Å². The zero-order valence-corrected chi connectivity index (χ0v) is 12.5. The average molecular weight is 316 g/mol. The molecule has 8 nitrogen and oxygen atoms in total. The summed E-state index contributed by atoms with van der Waals surface area (Å²) in [7, 11) is 0. The molecule has 0 saturated heterocycles. The lowest BCUT2D eigenvalue weighted by molar-refractivity contribution is -0.171. The predicted molar refractivity (Wildman–Crippen MR) is 71.7 cm³/mol. The van der Waals surface area contributed by atoms with Crippen LogP contribution in [0.4, 0.5) is 0 Å². The minimum absolute atomic E-state index is 0.0775. The number of carbonyl (C=O) groups excluding carboxylic acids is 2. The van der Waals surface area contributed by atoms with Gasteiger partial charge >= 0.3 is 23.9 Å². The van der Waals surface area contributed by atoms with Crippen LogP contribution >= 0.6 is 0 Å². The molecule has 0 radical (unpaired) electrons. The Kier molecular flexibility index (Phi) is 6.33. The van der Waals surface area contributed by atoms with Crippen molar-refractivity contribution in [2.75, 3.05) is 13.2 Å². The third-order valence-corrected chi connectivity index (χ3v) is 3.80. The molecule has 0 spiro atoms. The molecule has 0 bridgehead atoms. The smallest absolute Gasteiger partial charge is 0.309 e. The van der Waals surface area contributed by atoms with Gasteiger partial charge in [0.05, 0.1) is 36.9 Å². The van der Waals surface area contributed by atoms with Crippen LogP contribution in [0.5, 0.6) is 0 Å². The van der Waals surface area contributed by atoms with Crippen LogP contribution in [0, 0.1) is 23.7 Å². The van der Waals surface area contributed by atoms with Gasteiger partial charge in [0.1, 0.15) is 0 Å². The lowest BCUT2D eigenvalue weighted by Crippen LogP contribution is -2.45. The summed E-state index contributed by atoms with van der Waals surface area (Å²) in [5.41, 5.74) is 0. The summed E-state index contributed by atoms with van der Waals surface area (Å²) in [6.07, 6.45) is -0.511. The topological polar surface area (TPSA) is 127 Å². The number of esters is 2. The second-order valence-corrected chi connectivity index (χ2v) is 5.08. The van der Waals surface area contributed by atoms with Gasteiger partial charge in [-0.1, -0.05) is 0 Å². The Balaban J connectivity index is 3.07. The quantitative estimate of drug-likeness (QED) is 0.680. The summed E-state index contributed by atoms with van der Waals surface area (Å²) in [6, 6.07) is 0. The monoisotopic (exact) mass is 316 g/mol. The van der Waals surface area contributed by atoms with E-state index in [-0.39, 0.29) is 26.1 Å². The molecule has 8 heteroatoms. The molecule has 0 heterocycles. The minimum Gasteiger partial charge on any atom is -0.481 e. The van der Waals surface area contributed by atoms with Crippen LogP contribution in [0.15, 0.2) is 0 Å². The molecule has 0 aromatic heterocycles. The van der Waals surface area contributed by atoms with Crippen LogP contribution in [0.3, 0.4) is 0 Å². The maximum atomic E-state index is 11.9. The van der Waals surface area contributed by atoms with Crippen molar-refractivity contribution in [3.05, 3.63) is 0 Å². The van der Waals surface area contributed by atoms with Gasteiger partial charge in [-0.25, -0.2) is 0 Å². The zero-order chi connectivity index (χ0) is 16.9. The highest BCUT2D eigenvalue weighted by Gasteiger charge is 2.50. The van der Waals surface area contributed by atoms with E-state index in [9.17, 15) is 29.4 Å². The number of aliphatic carboxylic acids is 2. The Morgan fingerprint density at radius 1 is 0.773 bits per heavy atom. The fourth-order valence-corrected chi connectivity index (χ4v) is 2.77. The third-order valence-electron chi connectivity index (χ3n) is 3.80. The molecule has 4 atom stereocenters. The predicted octanol–water partition coefficient (Wildman–Crippen LogP) is 0.540. The Hall–Kier alpha value is -2.12. The summed E-state index contributed by atoms with van der Waals surface area (Å²) in [6.45, 7) is 3.32. The first-order valence-electron chi connectivity index (χ1n) is 7.12. The van der Waals surface area contributed by atoms with Crippen molar-refractivity contribution in [3.63, 3.8) is 0 Å². The number of hydrogen-bond donors (Lipinski definition) is 2. The molecule has 0 aromatic rings. The molecule has 0 aromatic carbocycles.